The van der Waals surface area contributed by atoms with Crippen LogP contribution < -0.4 is 0 Å². The summed E-state index contributed by atoms with van der Waals surface area (Å²) in [5.41, 5.74) is -0.675. The van der Waals surface area contributed by atoms with Gasteiger partial charge < -0.3 is 4.90 Å². The Morgan fingerprint density at radius 2 is 2.11 bits per heavy atom. The van der Waals surface area contributed by atoms with Gasteiger partial charge in [0.1, 0.15) is 5.41 Å². The molecule has 0 spiro atoms. The zero-order chi connectivity index (χ0) is 13.2. The van der Waals surface area contributed by atoms with Gasteiger partial charge in [0.25, 0.3) is 0 Å². The second kappa shape index (κ2) is 5.30. The monoisotopic (exact) mass is 248 g/mol. The second-order valence-electron chi connectivity index (χ2n) is 6.20. The molecule has 0 aromatic heterocycles. The van der Waals surface area contributed by atoms with Gasteiger partial charge in [0.05, 0.1) is 6.07 Å². The maximum atomic E-state index is 12.5. The fraction of sp³-hybridized carbons (Fsp3) is 0.867. The van der Waals surface area contributed by atoms with E-state index >= 15 is 0 Å². The van der Waals surface area contributed by atoms with E-state index in [1.165, 1.54) is 12.8 Å². The third kappa shape index (κ3) is 2.39. The second-order valence-corrected chi connectivity index (χ2v) is 6.20. The fourth-order valence-electron chi connectivity index (χ4n) is 3.52. The molecule has 0 bridgehead atoms. The van der Waals surface area contributed by atoms with Crippen LogP contribution in [0.3, 0.4) is 0 Å². The fourth-order valence-corrected chi connectivity index (χ4v) is 3.52. The van der Waals surface area contributed by atoms with Crippen LogP contribution in [-0.4, -0.2) is 23.9 Å². The first kappa shape index (κ1) is 13.4. The number of hydrogen-bond acceptors (Lipinski definition) is 2. The molecule has 1 saturated heterocycles. The highest BCUT2D eigenvalue weighted by Gasteiger charge is 2.50. The molecule has 1 amide bonds. The van der Waals surface area contributed by atoms with Gasteiger partial charge in [-0.05, 0) is 43.9 Å². The first-order valence-electron chi connectivity index (χ1n) is 7.32. The molecule has 2 fully saturated rings. The maximum absolute atomic E-state index is 12.5. The van der Waals surface area contributed by atoms with Crippen LogP contribution in [0.15, 0.2) is 0 Å². The molecule has 0 aromatic carbocycles. The van der Waals surface area contributed by atoms with Crippen LogP contribution in [0, 0.1) is 28.6 Å². The molecule has 18 heavy (non-hydrogen) atoms. The van der Waals surface area contributed by atoms with E-state index in [0.717, 1.165) is 44.7 Å². The van der Waals surface area contributed by atoms with Crippen LogP contribution in [-0.2, 0) is 4.79 Å². The maximum Gasteiger partial charge on any atom is 0.243 e. The van der Waals surface area contributed by atoms with E-state index in [2.05, 4.69) is 19.9 Å². The molecule has 0 aromatic rings. The van der Waals surface area contributed by atoms with Crippen molar-refractivity contribution in [2.75, 3.05) is 13.1 Å². The lowest BCUT2D eigenvalue weighted by Gasteiger charge is -2.42. The van der Waals surface area contributed by atoms with Crippen molar-refractivity contribution in [3.05, 3.63) is 0 Å². The Bertz CT molecular complexity index is 352. The first-order chi connectivity index (χ1) is 8.61. The van der Waals surface area contributed by atoms with Crippen molar-refractivity contribution in [3.63, 3.8) is 0 Å². The van der Waals surface area contributed by atoms with Gasteiger partial charge >= 0.3 is 0 Å². The third-order valence-electron chi connectivity index (χ3n) is 4.73. The van der Waals surface area contributed by atoms with Crippen LogP contribution in [0.4, 0.5) is 0 Å². The highest BCUT2D eigenvalue weighted by molar-refractivity contribution is 5.86. The molecule has 1 heterocycles. The molecule has 1 aliphatic heterocycles. The van der Waals surface area contributed by atoms with Crippen molar-refractivity contribution in [1.29, 1.82) is 5.26 Å². The predicted molar refractivity (Wildman–Crippen MR) is 70.7 cm³/mol. The number of likely N-dealkylation sites (tertiary alicyclic amines) is 1. The van der Waals surface area contributed by atoms with Gasteiger partial charge in [-0.1, -0.05) is 20.3 Å². The average molecular weight is 248 g/mol. The normalized spacial score (nSPS) is 36.4. The molecule has 0 N–H and O–H groups in total. The third-order valence-corrected chi connectivity index (χ3v) is 4.73. The zero-order valence-corrected chi connectivity index (χ0v) is 11.6. The van der Waals surface area contributed by atoms with E-state index in [9.17, 15) is 10.1 Å². The summed E-state index contributed by atoms with van der Waals surface area (Å²) in [5.74, 6) is 1.41. The van der Waals surface area contributed by atoms with Gasteiger partial charge in [0, 0.05) is 13.1 Å². The summed E-state index contributed by atoms with van der Waals surface area (Å²) in [6.07, 6.45) is 6.17. The molecule has 3 heteroatoms. The molecule has 1 atom stereocenters. The molecule has 1 saturated carbocycles. The minimum absolute atomic E-state index is 0.111. The highest BCUT2D eigenvalue weighted by atomic mass is 16.2. The van der Waals surface area contributed by atoms with E-state index in [0.29, 0.717) is 5.92 Å². The molecule has 0 radical (unpaired) electrons. The Balaban J connectivity index is 1.99. The van der Waals surface area contributed by atoms with Gasteiger partial charge in [-0.15, -0.1) is 0 Å². The predicted octanol–water partition coefficient (Wildman–Crippen LogP) is 2.96. The number of hydrogen-bond donors (Lipinski definition) is 0. The molecular formula is C15H24N2O. The Labute approximate surface area is 110 Å². The van der Waals surface area contributed by atoms with Crippen molar-refractivity contribution in [3.8, 4) is 6.07 Å². The number of nitrogens with zero attached hydrogens (tertiary/aromatic N) is 2. The highest BCUT2D eigenvalue weighted by Crippen LogP contribution is 2.46. The summed E-state index contributed by atoms with van der Waals surface area (Å²) in [5, 5.41) is 9.33. The van der Waals surface area contributed by atoms with E-state index < -0.39 is 5.41 Å². The van der Waals surface area contributed by atoms with E-state index in [1.807, 2.05) is 4.90 Å². The van der Waals surface area contributed by atoms with Crippen molar-refractivity contribution in [2.45, 2.75) is 52.4 Å². The van der Waals surface area contributed by atoms with Gasteiger partial charge in [-0.2, -0.15) is 5.26 Å². The smallest absolute Gasteiger partial charge is 0.243 e. The van der Waals surface area contributed by atoms with Crippen molar-refractivity contribution < 1.29 is 4.79 Å². The summed E-state index contributed by atoms with van der Waals surface area (Å²) >= 11 is 0. The van der Waals surface area contributed by atoms with E-state index in [1.54, 1.807) is 0 Å². The summed E-state index contributed by atoms with van der Waals surface area (Å²) in [6, 6.07) is 2.30. The molecular weight excluding hydrogens is 224 g/mol. The minimum Gasteiger partial charge on any atom is -0.341 e. The van der Waals surface area contributed by atoms with Crippen LogP contribution in [0.5, 0.6) is 0 Å². The zero-order valence-electron chi connectivity index (χ0n) is 11.6. The largest absolute Gasteiger partial charge is 0.341 e. The van der Waals surface area contributed by atoms with Crippen molar-refractivity contribution >= 4 is 5.91 Å². The quantitative estimate of drug-likeness (QED) is 0.754. The Hall–Kier alpha value is -1.04. The van der Waals surface area contributed by atoms with Gasteiger partial charge in [-0.25, -0.2) is 0 Å². The van der Waals surface area contributed by atoms with Crippen LogP contribution in [0.25, 0.3) is 0 Å². The topological polar surface area (TPSA) is 44.1 Å². The standard InChI is InChI=1S/C15H24N2O/c1-3-13-5-4-7-17(8-6-13)14(18)15(11-16)9-12(2)10-15/h12-13H,3-10H2,1-2H3. The number of nitriles is 1. The van der Waals surface area contributed by atoms with Crippen LogP contribution >= 0.6 is 0 Å². The summed E-state index contributed by atoms with van der Waals surface area (Å²) in [6.45, 7) is 6.06. The first-order valence-corrected chi connectivity index (χ1v) is 7.32. The summed E-state index contributed by atoms with van der Waals surface area (Å²) in [4.78, 5) is 14.5. The molecule has 100 valence electrons. The number of carbonyl (C=O) groups is 1. The molecule has 2 aliphatic rings. The SMILES string of the molecule is CCC1CCCN(C(=O)C2(C#N)CC(C)C2)CC1. The van der Waals surface area contributed by atoms with Crippen LogP contribution in [0.1, 0.15) is 52.4 Å². The molecule has 3 nitrogen and oxygen atoms in total. The van der Waals surface area contributed by atoms with Crippen molar-refractivity contribution in [2.24, 2.45) is 17.3 Å². The van der Waals surface area contributed by atoms with E-state index in [4.69, 9.17) is 0 Å². The Morgan fingerprint density at radius 3 is 2.67 bits per heavy atom. The Kier molecular flexibility index (Phi) is 3.94. The lowest BCUT2D eigenvalue weighted by molar-refractivity contribution is -0.145. The molecule has 1 aliphatic carbocycles. The van der Waals surface area contributed by atoms with E-state index in [-0.39, 0.29) is 5.91 Å². The van der Waals surface area contributed by atoms with Gasteiger partial charge in [0.15, 0.2) is 0 Å². The summed E-state index contributed by atoms with van der Waals surface area (Å²) < 4.78 is 0. The van der Waals surface area contributed by atoms with Gasteiger partial charge in [-0.3, -0.25) is 4.79 Å². The average Bonchev–Trinajstić information content (AvgIpc) is 2.59. The lowest BCUT2D eigenvalue weighted by Crippen LogP contribution is -2.50. The van der Waals surface area contributed by atoms with Crippen molar-refractivity contribution in [1.82, 2.24) is 4.90 Å². The number of rotatable bonds is 2. The van der Waals surface area contributed by atoms with Gasteiger partial charge in [0.2, 0.25) is 5.91 Å². The molecule has 2 rings (SSSR count). The number of carbonyl (C=O) groups excluding carboxylic acids is 1. The summed E-state index contributed by atoms with van der Waals surface area (Å²) in [7, 11) is 0. The molecule has 1 unspecified atom stereocenters. The Morgan fingerprint density at radius 1 is 1.39 bits per heavy atom. The van der Waals surface area contributed by atoms with Crippen LogP contribution in [0.2, 0.25) is 0 Å². The lowest BCUT2D eigenvalue weighted by atomic mass is 9.62. The minimum atomic E-state index is -0.675. The number of amides is 1.